The van der Waals surface area contributed by atoms with Crippen LogP contribution in [0.25, 0.3) is 0 Å². The zero-order valence-corrected chi connectivity index (χ0v) is 19.9. The summed E-state index contributed by atoms with van der Waals surface area (Å²) in [5.41, 5.74) is 3.75. The molecule has 5 nitrogen and oxygen atoms in total. The molecule has 3 aromatic rings. The molecule has 0 aromatic heterocycles. The van der Waals surface area contributed by atoms with Gasteiger partial charge in [-0.15, -0.1) is 0 Å². The van der Waals surface area contributed by atoms with Gasteiger partial charge in [0, 0.05) is 30.7 Å². The van der Waals surface area contributed by atoms with Crippen LogP contribution in [0, 0.1) is 0 Å². The maximum Gasteiger partial charge on any atom is 0.251 e. The van der Waals surface area contributed by atoms with E-state index in [4.69, 9.17) is 0 Å². The van der Waals surface area contributed by atoms with Crippen LogP contribution in [0.2, 0.25) is 0 Å². The molecule has 0 aliphatic carbocycles. The van der Waals surface area contributed by atoms with Crippen LogP contribution in [0.1, 0.15) is 40.9 Å². The van der Waals surface area contributed by atoms with E-state index in [0.717, 1.165) is 19.5 Å². The van der Waals surface area contributed by atoms with Crippen molar-refractivity contribution < 1.29 is 13.2 Å². The van der Waals surface area contributed by atoms with Crippen LogP contribution in [0.15, 0.2) is 83.8 Å². The largest absolute Gasteiger partial charge is 0.350 e. The fourth-order valence-corrected chi connectivity index (χ4v) is 5.58. The molecule has 4 rings (SSSR count). The van der Waals surface area contributed by atoms with Crippen LogP contribution in [-0.2, 0) is 28.6 Å². The Morgan fingerprint density at radius 1 is 0.909 bits per heavy atom. The van der Waals surface area contributed by atoms with Crippen molar-refractivity contribution in [2.45, 2.75) is 43.0 Å². The first-order chi connectivity index (χ1) is 15.7. The molecule has 1 N–H and O–H groups in total. The van der Waals surface area contributed by atoms with Crippen molar-refractivity contribution in [2.75, 3.05) is 13.1 Å². The molecule has 1 heterocycles. The molecule has 172 valence electrons. The predicted molar refractivity (Wildman–Crippen MR) is 131 cm³/mol. The van der Waals surface area contributed by atoms with Gasteiger partial charge in [-0.1, -0.05) is 54.6 Å². The van der Waals surface area contributed by atoms with E-state index >= 15 is 0 Å². The summed E-state index contributed by atoms with van der Waals surface area (Å²) in [6, 6.07) is 23.7. The number of rotatable bonds is 7. The number of hydrogen-bond donors (Lipinski definition) is 1. The third kappa shape index (κ3) is 5.52. The summed E-state index contributed by atoms with van der Waals surface area (Å²) in [6.07, 6.45) is 1.01. The predicted octanol–water partition coefficient (Wildman–Crippen LogP) is 4.23. The van der Waals surface area contributed by atoms with Crippen LogP contribution in [0.3, 0.4) is 0 Å². The number of fused-ring (bicyclic) bond motifs is 1. The number of amides is 1. The first-order valence-corrected chi connectivity index (χ1v) is 12.9. The summed E-state index contributed by atoms with van der Waals surface area (Å²) in [5, 5.41) is 3.06. The molecule has 3 aromatic carbocycles. The Morgan fingerprint density at radius 2 is 1.55 bits per heavy atom. The van der Waals surface area contributed by atoms with Crippen molar-refractivity contribution in [1.29, 1.82) is 0 Å². The molecule has 0 fully saturated rings. The maximum atomic E-state index is 12.7. The van der Waals surface area contributed by atoms with Gasteiger partial charge in [-0.25, -0.2) is 8.42 Å². The van der Waals surface area contributed by atoms with Gasteiger partial charge in [0.25, 0.3) is 5.91 Å². The molecule has 0 unspecified atom stereocenters. The number of carbonyl (C=O) groups excluding carboxylic acids is 1. The first-order valence-electron chi connectivity index (χ1n) is 11.2. The van der Waals surface area contributed by atoms with Gasteiger partial charge in [-0.2, -0.15) is 0 Å². The third-order valence-corrected chi connectivity index (χ3v) is 8.05. The number of nitrogens with one attached hydrogen (secondary N) is 1. The lowest BCUT2D eigenvalue weighted by molar-refractivity contribution is 0.0826. The van der Waals surface area contributed by atoms with E-state index < -0.39 is 9.84 Å². The standard InChI is InChI=1S/C27H30N2O3S/c1-27(2,29-17-16-22-8-6-7-9-24(22)18-29)20-28-26(30)23-14-12-21(13-15-23)19-33(31,32)25-10-4-3-5-11-25/h3-15H,16-20H2,1-2H3,(H,28,30). The van der Waals surface area contributed by atoms with E-state index in [1.165, 1.54) is 11.1 Å². The van der Waals surface area contributed by atoms with Gasteiger partial charge in [0.1, 0.15) is 0 Å². The average Bonchev–Trinajstić information content (AvgIpc) is 2.83. The zero-order valence-electron chi connectivity index (χ0n) is 19.1. The maximum absolute atomic E-state index is 12.7. The first kappa shape index (κ1) is 23.2. The van der Waals surface area contributed by atoms with Crippen molar-refractivity contribution in [2.24, 2.45) is 0 Å². The van der Waals surface area contributed by atoms with Gasteiger partial charge >= 0.3 is 0 Å². The minimum atomic E-state index is -3.42. The van der Waals surface area contributed by atoms with Crippen LogP contribution in [-0.4, -0.2) is 37.9 Å². The lowest BCUT2D eigenvalue weighted by atomic mass is 9.94. The van der Waals surface area contributed by atoms with E-state index in [0.29, 0.717) is 22.6 Å². The number of sulfone groups is 1. The van der Waals surface area contributed by atoms with Gasteiger partial charge in [0.2, 0.25) is 0 Å². The highest BCUT2D eigenvalue weighted by molar-refractivity contribution is 7.90. The molecule has 33 heavy (non-hydrogen) atoms. The number of carbonyl (C=O) groups is 1. The van der Waals surface area contributed by atoms with E-state index in [1.807, 2.05) is 0 Å². The normalized spacial score (nSPS) is 14.5. The molecule has 1 aliphatic heterocycles. The van der Waals surface area contributed by atoms with Crippen molar-refractivity contribution in [3.8, 4) is 0 Å². The zero-order chi connectivity index (χ0) is 23.5. The Hall–Kier alpha value is -2.96. The summed E-state index contributed by atoms with van der Waals surface area (Å²) >= 11 is 0. The van der Waals surface area contributed by atoms with Crippen LogP contribution in [0.5, 0.6) is 0 Å². The monoisotopic (exact) mass is 462 g/mol. The summed E-state index contributed by atoms with van der Waals surface area (Å²) in [5.74, 6) is -0.250. The second-order valence-electron chi connectivity index (χ2n) is 9.20. The van der Waals surface area contributed by atoms with Gasteiger partial charge in [-0.05, 0) is 61.2 Å². The Labute approximate surface area is 196 Å². The summed E-state index contributed by atoms with van der Waals surface area (Å²) in [7, 11) is -3.42. The highest BCUT2D eigenvalue weighted by Crippen LogP contribution is 2.25. The molecule has 0 bridgehead atoms. The molecule has 0 saturated heterocycles. The number of nitrogens with zero attached hydrogens (tertiary/aromatic N) is 1. The SMILES string of the molecule is CC(C)(CNC(=O)c1ccc(CS(=O)(=O)c2ccccc2)cc1)N1CCc2ccccc2C1. The summed E-state index contributed by atoms with van der Waals surface area (Å²) in [6.45, 7) is 6.67. The summed E-state index contributed by atoms with van der Waals surface area (Å²) in [4.78, 5) is 15.5. The van der Waals surface area contributed by atoms with E-state index in [-0.39, 0.29) is 17.2 Å². The fraction of sp³-hybridized carbons (Fsp3) is 0.296. The molecule has 0 spiro atoms. The minimum Gasteiger partial charge on any atom is -0.350 e. The Kier molecular flexibility index (Phi) is 6.68. The van der Waals surface area contributed by atoms with Crippen LogP contribution < -0.4 is 5.32 Å². The molecule has 6 heteroatoms. The average molecular weight is 463 g/mol. The molecular formula is C27H30N2O3S. The molecule has 1 amide bonds. The second-order valence-corrected chi connectivity index (χ2v) is 11.2. The lowest BCUT2D eigenvalue weighted by Crippen LogP contribution is -2.53. The molecule has 0 radical (unpaired) electrons. The second kappa shape index (κ2) is 9.49. The molecule has 1 aliphatic rings. The molecule has 0 saturated carbocycles. The molecular weight excluding hydrogens is 432 g/mol. The van der Waals surface area contributed by atoms with Gasteiger partial charge < -0.3 is 5.32 Å². The van der Waals surface area contributed by atoms with Crippen LogP contribution >= 0.6 is 0 Å². The topological polar surface area (TPSA) is 66.5 Å². The van der Waals surface area contributed by atoms with E-state index in [1.54, 1.807) is 54.6 Å². The smallest absolute Gasteiger partial charge is 0.251 e. The number of hydrogen-bond acceptors (Lipinski definition) is 4. The van der Waals surface area contributed by atoms with Crippen molar-refractivity contribution in [3.63, 3.8) is 0 Å². The van der Waals surface area contributed by atoms with E-state index in [2.05, 4.69) is 48.3 Å². The van der Waals surface area contributed by atoms with Gasteiger partial charge in [0.15, 0.2) is 9.84 Å². The third-order valence-electron chi connectivity index (χ3n) is 6.34. The van der Waals surface area contributed by atoms with Crippen LogP contribution in [0.4, 0.5) is 0 Å². The highest BCUT2D eigenvalue weighted by atomic mass is 32.2. The van der Waals surface area contributed by atoms with E-state index in [9.17, 15) is 13.2 Å². The van der Waals surface area contributed by atoms with Crippen molar-refractivity contribution in [3.05, 3.63) is 101 Å². The van der Waals surface area contributed by atoms with Crippen molar-refractivity contribution in [1.82, 2.24) is 10.2 Å². The molecule has 0 atom stereocenters. The number of benzene rings is 3. The summed E-state index contributed by atoms with van der Waals surface area (Å²) < 4.78 is 25.2. The lowest BCUT2D eigenvalue weighted by Gasteiger charge is -2.41. The van der Waals surface area contributed by atoms with Crippen molar-refractivity contribution >= 4 is 15.7 Å². The minimum absolute atomic E-state index is 0.0949. The van der Waals surface area contributed by atoms with Gasteiger partial charge in [0.05, 0.1) is 10.6 Å². The van der Waals surface area contributed by atoms with Gasteiger partial charge in [-0.3, -0.25) is 9.69 Å². The quantitative estimate of drug-likeness (QED) is 0.571. The highest BCUT2D eigenvalue weighted by Gasteiger charge is 2.30. The Morgan fingerprint density at radius 3 is 2.24 bits per heavy atom. The Balaban J connectivity index is 1.35. The Bertz CT molecular complexity index is 1220. The fourth-order valence-electron chi connectivity index (χ4n) is 4.21.